The summed E-state index contributed by atoms with van der Waals surface area (Å²) in [6, 6.07) is 12.3. The van der Waals surface area contributed by atoms with E-state index in [1.165, 1.54) is 4.31 Å². The van der Waals surface area contributed by atoms with Crippen molar-refractivity contribution in [2.45, 2.75) is 33.2 Å². The zero-order valence-electron chi connectivity index (χ0n) is 17.6. The molecule has 7 nitrogen and oxygen atoms in total. The van der Waals surface area contributed by atoms with Gasteiger partial charge in [0.1, 0.15) is 0 Å². The second kappa shape index (κ2) is 9.38. The van der Waals surface area contributed by atoms with Gasteiger partial charge >= 0.3 is 0 Å². The topological polar surface area (TPSA) is 84.9 Å². The number of ether oxygens (including phenoxy) is 2. The average molecular weight is 433 g/mol. The smallest absolute Gasteiger partial charge is 0.251 e. The van der Waals surface area contributed by atoms with Crippen LogP contribution in [0.4, 0.5) is 5.69 Å². The highest BCUT2D eigenvalue weighted by atomic mass is 32.2. The second-order valence-electron chi connectivity index (χ2n) is 7.08. The highest BCUT2D eigenvalue weighted by molar-refractivity contribution is 7.92. The number of hydrogen-bond donors (Lipinski definition) is 1. The lowest BCUT2D eigenvalue weighted by Crippen LogP contribution is -2.40. The molecule has 162 valence electrons. The highest BCUT2D eigenvalue weighted by Crippen LogP contribution is 2.34. The number of para-hydroxylation sites is 1. The van der Waals surface area contributed by atoms with Gasteiger partial charge in [0.2, 0.25) is 10.0 Å². The third kappa shape index (κ3) is 4.70. The number of rotatable bonds is 9. The van der Waals surface area contributed by atoms with Gasteiger partial charge in [0.15, 0.2) is 11.5 Å². The molecule has 30 heavy (non-hydrogen) atoms. The van der Waals surface area contributed by atoms with Crippen LogP contribution in [-0.2, 0) is 16.4 Å². The fourth-order valence-electron chi connectivity index (χ4n) is 3.65. The molecule has 0 saturated heterocycles. The van der Waals surface area contributed by atoms with Crippen LogP contribution in [0.15, 0.2) is 42.5 Å². The maximum atomic E-state index is 12.9. The quantitative estimate of drug-likeness (QED) is 0.658. The summed E-state index contributed by atoms with van der Waals surface area (Å²) in [5.74, 6) is 0.526. The Hall–Kier alpha value is -2.74. The lowest BCUT2D eigenvalue weighted by molar-refractivity contribution is 0.0955. The van der Waals surface area contributed by atoms with E-state index in [1.54, 1.807) is 18.2 Å². The highest BCUT2D eigenvalue weighted by Gasteiger charge is 2.34. The minimum atomic E-state index is -3.56. The van der Waals surface area contributed by atoms with E-state index in [0.717, 1.165) is 11.3 Å². The number of nitrogens with one attached hydrogen (secondary N) is 1. The van der Waals surface area contributed by atoms with Crippen LogP contribution >= 0.6 is 0 Å². The van der Waals surface area contributed by atoms with E-state index in [2.05, 4.69) is 5.32 Å². The molecule has 0 aromatic heterocycles. The van der Waals surface area contributed by atoms with E-state index in [4.69, 9.17) is 9.47 Å². The molecule has 1 N–H and O–H groups in total. The molecule has 1 unspecified atom stereocenters. The third-order valence-electron chi connectivity index (χ3n) is 4.90. The minimum Gasteiger partial charge on any atom is -0.490 e. The first kappa shape index (κ1) is 22.0. The molecule has 1 aliphatic rings. The first-order valence-corrected chi connectivity index (χ1v) is 11.8. The maximum Gasteiger partial charge on any atom is 0.251 e. The van der Waals surface area contributed by atoms with E-state index < -0.39 is 10.0 Å². The number of sulfonamides is 1. The predicted molar refractivity (Wildman–Crippen MR) is 117 cm³/mol. The fraction of sp³-hybridized carbons (Fsp3) is 0.409. The monoisotopic (exact) mass is 432 g/mol. The molecule has 0 aliphatic carbocycles. The lowest BCUT2D eigenvalue weighted by Gasteiger charge is -2.24. The van der Waals surface area contributed by atoms with E-state index in [9.17, 15) is 13.2 Å². The van der Waals surface area contributed by atoms with Crippen LogP contribution in [0.25, 0.3) is 0 Å². The molecule has 0 bridgehead atoms. The van der Waals surface area contributed by atoms with Crippen molar-refractivity contribution in [3.63, 3.8) is 0 Å². The van der Waals surface area contributed by atoms with E-state index in [1.807, 2.05) is 45.0 Å². The van der Waals surface area contributed by atoms with Crippen LogP contribution in [0.1, 0.15) is 36.7 Å². The van der Waals surface area contributed by atoms with Crippen molar-refractivity contribution in [2.24, 2.45) is 0 Å². The van der Waals surface area contributed by atoms with Crippen LogP contribution in [0.5, 0.6) is 11.5 Å². The number of benzene rings is 2. The Bertz CT molecular complexity index is 1010. The number of carbonyl (C=O) groups is 1. The molecular formula is C22H28N2O5S. The first-order chi connectivity index (χ1) is 14.4. The molecule has 0 fully saturated rings. The molecule has 1 amide bonds. The van der Waals surface area contributed by atoms with Crippen molar-refractivity contribution in [3.05, 3.63) is 53.6 Å². The van der Waals surface area contributed by atoms with Gasteiger partial charge in [0.25, 0.3) is 5.91 Å². The molecule has 1 heterocycles. The van der Waals surface area contributed by atoms with Gasteiger partial charge in [-0.05, 0) is 57.0 Å². The van der Waals surface area contributed by atoms with Gasteiger partial charge in [-0.1, -0.05) is 18.2 Å². The normalized spacial score (nSPS) is 15.6. The lowest BCUT2D eigenvalue weighted by atomic mass is 10.1. The Morgan fingerprint density at radius 3 is 2.53 bits per heavy atom. The molecular weight excluding hydrogens is 404 g/mol. The molecule has 2 aromatic carbocycles. The summed E-state index contributed by atoms with van der Waals surface area (Å²) in [4.78, 5) is 12.5. The van der Waals surface area contributed by atoms with Crippen LogP contribution in [0.2, 0.25) is 0 Å². The molecule has 8 heteroatoms. The third-order valence-corrected chi connectivity index (χ3v) is 6.77. The Morgan fingerprint density at radius 2 is 1.80 bits per heavy atom. The zero-order valence-corrected chi connectivity index (χ0v) is 18.4. The van der Waals surface area contributed by atoms with Gasteiger partial charge < -0.3 is 14.8 Å². The number of hydrogen-bond acceptors (Lipinski definition) is 5. The second-order valence-corrected chi connectivity index (χ2v) is 9.04. The summed E-state index contributed by atoms with van der Waals surface area (Å²) >= 11 is 0. The molecule has 0 radical (unpaired) electrons. The summed E-state index contributed by atoms with van der Waals surface area (Å²) < 4.78 is 38.4. The van der Waals surface area contributed by atoms with E-state index in [-0.39, 0.29) is 24.2 Å². The van der Waals surface area contributed by atoms with E-state index >= 15 is 0 Å². The SMILES string of the molecule is CCOc1ccc(C(=O)NCCS(=O)(=O)N2c3ccccc3CC2C)cc1OCC. The molecule has 0 spiro atoms. The van der Waals surface area contributed by atoms with Crippen molar-refractivity contribution < 1.29 is 22.7 Å². The van der Waals surface area contributed by atoms with Crippen molar-refractivity contribution in [3.8, 4) is 11.5 Å². The Morgan fingerprint density at radius 1 is 1.10 bits per heavy atom. The summed E-state index contributed by atoms with van der Waals surface area (Å²) in [5.41, 5.74) is 2.14. The maximum absolute atomic E-state index is 12.9. The summed E-state index contributed by atoms with van der Waals surface area (Å²) in [5, 5.41) is 2.70. The number of carbonyl (C=O) groups excluding carboxylic acids is 1. The molecule has 1 atom stereocenters. The minimum absolute atomic E-state index is 0.0176. The summed E-state index contributed by atoms with van der Waals surface area (Å²) in [6.07, 6.45) is 0.689. The zero-order chi connectivity index (χ0) is 21.7. The molecule has 3 rings (SSSR count). The number of anilines is 1. The fourth-order valence-corrected chi connectivity index (χ4v) is 5.30. The Kier molecular flexibility index (Phi) is 6.87. The molecule has 1 aliphatic heterocycles. The van der Waals surface area contributed by atoms with Gasteiger partial charge in [0, 0.05) is 18.2 Å². The Balaban J connectivity index is 1.65. The number of fused-ring (bicyclic) bond motifs is 1. The first-order valence-electron chi connectivity index (χ1n) is 10.1. The van der Waals surface area contributed by atoms with Crippen LogP contribution in [0, 0.1) is 0 Å². The van der Waals surface area contributed by atoms with Crippen LogP contribution in [-0.4, -0.2) is 45.9 Å². The number of nitrogens with zero attached hydrogens (tertiary/aromatic N) is 1. The predicted octanol–water partition coefficient (Wildman–Crippen LogP) is 2.99. The van der Waals surface area contributed by atoms with Crippen molar-refractivity contribution in [1.82, 2.24) is 5.32 Å². The molecule has 0 saturated carbocycles. The van der Waals surface area contributed by atoms with Crippen LogP contribution in [0.3, 0.4) is 0 Å². The van der Waals surface area contributed by atoms with Gasteiger partial charge in [-0.3, -0.25) is 9.10 Å². The van der Waals surface area contributed by atoms with Crippen molar-refractivity contribution >= 4 is 21.6 Å². The Labute approximate surface area is 178 Å². The average Bonchev–Trinajstić information content (AvgIpc) is 3.06. The largest absolute Gasteiger partial charge is 0.490 e. The van der Waals surface area contributed by atoms with Gasteiger partial charge in [-0.15, -0.1) is 0 Å². The van der Waals surface area contributed by atoms with Gasteiger partial charge in [-0.2, -0.15) is 0 Å². The van der Waals surface area contributed by atoms with Crippen molar-refractivity contribution in [1.29, 1.82) is 0 Å². The van der Waals surface area contributed by atoms with Crippen LogP contribution < -0.4 is 19.1 Å². The van der Waals surface area contributed by atoms with Gasteiger partial charge in [0.05, 0.1) is 24.7 Å². The summed E-state index contributed by atoms with van der Waals surface area (Å²) in [7, 11) is -3.56. The van der Waals surface area contributed by atoms with Crippen molar-refractivity contribution in [2.75, 3.05) is 29.8 Å². The standard InChI is InChI=1S/C22H28N2O5S/c1-4-28-20-11-10-18(15-21(20)29-5-2)22(25)23-12-13-30(26,27)24-16(3)14-17-8-6-7-9-19(17)24/h6-11,15-16H,4-5,12-14H2,1-3H3,(H,23,25). The van der Waals surface area contributed by atoms with Gasteiger partial charge in [-0.25, -0.2) is 8.42 Å². The summed E-state index contributed by atoms with van der Waals surface area (Å²) in [6.45, 7) is 6.57. The van der Waals surface area contributed by atoms with E-state index in [0.29, 0.717) is 36.7 Å². The number of amides is 1. The molecule has 2 aromatic rings.